The van der Waals surface area contributed by atoms with E-state index in [1.165, 1.54) is 0 Å². The molecule has 0 aromatic heterocycles. The molecule has 0 aliphatic rings. The number of carbonyl (C=O) groups excluding carboxylic acids is 1. The van der Waals surface area contributed by atoms with Crippen molar-refractivity contribution >= 4 is 18.0 Å². The van der Waals surface area contributed by atoms with Crippen molar-refractivity contribution in [3.8, 4) is 0 Å². The van der Waals surface area contributed by atoms with Crippen LogP contribution in [0.4, 0.5) is 0 Å². The predicted octanol–water partition coefficient (Wildman–Crippen LogP) is 6.66. The molecule has 0 N–H and O–H groups in total. The standard InChI is InChI=1S/C24H33O2P/c1-6-8-12-21(7-2)17-27(26,22-13-10-9-11-14-22)24(25)23-19(4)15-18(3)16-20(23)5/h9-11,13-16,21H,6-8,12,17H2,1-5H3. The zero-order valence-electron chi connectivity index (χ0n) is 17.4. The fourth-order valence-corrected chi connectivity index (χ4v) is 7.10. The zero-order valence-corrected chi connectivity index (χ0v) is 18.3. The second-order valence-electron chi connectivity index (χ2n) is 7.75. The Labute approximate surface area is 164 Å². The van der Waals surface area contributed by atoms with Crippen LogP contribution in [0.2, 0.25) is 0 Å². The highest BCUT2D eigenvalue weighted by atomic mass is 31.2. The quantitative estimate of drug-likeness (QED) is 0.453. The van der Waals surface area contributed by atoms with Gasteiger partial charge >= 0.3 is 0 Å². The summed E-state index contributed by atoms with van der Waals surface area (Å²) >= 11 is 0. The summed E-state index contributed by atoms with van der Waals surface area (Å²) in [6.45, 7) is 10.3. The summed E-state index contributed by atoms with van der Waals surface area (Å²) < 4.78 is 14.3. The first-order valence-corrected chi connectivity index (χ1v) is 12.0. The summed E-state index contributed by atoms with van der Waals surface area (Å²) in [5, 5.41) is 0.698. The maximum atomic E-state index is 14.3. The molecule has 2 unspecified atom stereocenters. The highest BCUT2D eigenvalue weighted by Gasteiger charge is 2.37. The monoisotopic (exact) mass is 384 g/mol. The van der Waals surface area contributed by atoms with Gasteiger partial charge in [-0.05, 0) is 44.2 Å². The molecule has 2 aromatic carbocycles. The lowest BCUT2D eigenvalue weighted by Gasteiger charge is -2.24. The molecule has 2 nitrogen and oxygen atoms in total. The Morgan fingerprint density at radius 1 is 1.00 bits per heavy atom. The Morgan fingerprint density at radius 3 is 2.11 bits per heavy atom. The summed E-state index contributed by atoms with van der Waals surface area (Å²) in [6.07, 6.45) is 4.69. The summed E-state index contributed by atoms with van der Waals surface area (Å²) in [4.78, 5) is 13.7. The number of hydrogen-bond donors (Lipinski definition) is 0. The molecule has 0 bridgehead atoms. The lowest BCUT2D eigenvalue weighted by Crippen LogP contribution is -2.21. The molecule has 0 spiro atoms. The van der Waals surface area contributed by atoms with Gasteiger partial charge in [0, 0.05) is 17.0 Å². The van der Waals surface area contributed by atoms with Crippen molar-refractivity contribution in [3.63, 3.8) is 0 Å². The van der Waals surface area contributed by atoms with Crippen LogP contribution in [0.3, 0.4) is 0 Å². The van der Waals surface area contributed by atoms with E-state index in [2.05, 4.69) is 13.8 Å². The normalized spacial score (nSPS) is 14.6. The molecule has 0 fully saturated rings. The van der Waals surface area contributed by atoms with Crippen molar-refractivity contribution in [3.05, 3.63) is 64.7 Å². The van der Waals surface area contributed by atoms with E-state index in [-0.39, 0.29) is 5.52 Å². The number of rotatable bonds is 9. The van der Waals surface area contributed by atoms with Crippen molar-refractivity contribution in [2.45, 2.75) is 60.3 Å². The van der Waals surface area contributed by atoms with Gasteiger partial charge in [-0.15, -0.1) is 0 Å². The van der Waals surface area contributed by atoms with Crippen LogP contribution in [-0.2, 0) is 4.57 Å². The molecule has 2 aromatic rings. The van der Waals surface area contributed by atoms with E-state index in [1.807, 2.05) is 63.2 Å². The van der Waals surface area contributed by atoms with Gasteiger partial charge in [0.25, 0.3) is 0 Å². The fraction of sp³-hybridized carbons (Fsp3) is 0.458. The Kier molecular flexibility index (Phi) is 7.62. The van der Waals surface area contributed by atoms with Crippen molar-refractivity contribution < 1.29 is 9.36 Å². The highest BCUT2D eigenvalue weighted by molar-refractivity contribution is 7.87. The zero-order chi connectivity index (χ0) is 20.0. The minimum absolute atomic E-state index is 0.168. The Balaban J connectivity index is 2.53. The van der Waals surface area contributed by atoms with Gasteiger partial charge in [-0.1, -0.05) is 81.1 Å². The third-order valence-electron chi connectivity index (χ3n) is 5.45. The number of aryl methyl sites for hydroxylation is 3. The van der Waals surface area contributed by atoms with E-state index in [1.54, 1.807) is 0 Å². The molecule has 27 heavy (non-hydrogen) atoms. The number of hydrogen-bond acceptors (Lipinski definition) is 2. The Hall–Kier alpha value is -1.66. The summed E-state index contributed by atoms with van der Waals surface area (Å²) in [6, 6.07) is 13.4. The maximum absolute atomic E-state index is 14.3. The van der Waals surface area contributed by atoms with Gasteiger partial charge in [0.15, 0.2) is 7.14 Å². The van der Waals surface area contributed by atoms with Gasteiger partial charge in [0.2, 0.25) is 5.52 Å². The van der Waals surface area contributed by atoms with E-state index in [0.29, 0.717) is 22.9 Å². The number of carbonyl (C=O) groups is 1. The van der Waals surface area contributed by atoms with Crippen molar-refractivity contribution in [1.82, 2.24) is 0 Å². The van der Waals surface area contributed by atoms with Gasteiger partial charge < -0.3 is 4.57 Å². The first-order chi connectivity index (χ1) is 12.8. The minimum Gasteiger partial charge on any atom is -0.310 e. The topological polar surface area (TPSA) is 34.1 Å². The van der Waals surface area contributed by atoms with E-state index >= 15 is 0 Å². The smallest absolute Gasteiger partial charge is 0.226 e. The first kappa shape index (κ1) is 21.6. The molecule has 0 aliphatic carbocycles. The van der Waals surface area contributed by atoms with Gasteiger partial charge in [-0.3, -0.25) is 4.79 Å². The van der Waals surface area contributed by atoms with Crippen LogP contribution < -0.4 is 5.30 Å². The minimum atomic E-state index is -3.21. The lowest BCUT2D eigenvalue weighted by molar-refractivity contribution is 0.107. The fourth-order valence-electron chi connectivity index (χ4n) is 3.95. The molecule has 146 valence electrons. The molecule has 0 radical (unpaired) electrons. The SMILES string of the molecule is CCCCC(CC)CP(=O)(C(=O)c1c(C)cc(C)cc1C)c1ccccc1. The van der Waals surface area contributed by atoms with Crippen LogP contribution in [0.25, 0.3) is 0 Å². The van der Waals surface area contributed by atoms with E-state index in [4.69, 9.17) is 0 Å². The summed E-state index contributed by atoms with van der Waals surface area (Å²) in [5.41, 5.74) is 3.47. The van der Waals surface area contributed by atoms with Crippen molar-refractivity contribution in [2.24, 2.45) is 5.92 Å². The Morgan fingerprint density at radius 2 is 1.59 bits per heavy atom. The molecular weight excluding hydrogens is 351 g/mol. The molecule has 0 saturated heterocycles. The average molecular weight is 385 g/mol. The first-order valence-electron chi connectivity index (χ1n) is 10.1. The summed E-state index contributed by atoms with van der Waals surface area (Å²) in [7, 11) is -3.21. The average Bonchev–Trinajstić information content (AvgIpc) is 2.64. The molecule has 0 saturated carbocycles. The van der Waals surface area contributed by atoms with Crippen LogP contribution in [0.1, 0.15) is 66.6 Å². The van der Waals surface area contributed by atoms with E-state index in [0.717, 1.165) is 42.4 Å². The van der Waals surface area contributed by atoms with Crippen LogP contribution in [0.5, 0.6) is 0 Å². The molecular formula is C24H33O2P. The van der Waals surface area contributed by atoms with Crippen molar-refractivity contribution in [1.29, 1.82) is 0 Å². The third kappa shape index (κ3) is 4.99. The third-order valence-corrected chi connectivity index (χ3v) is 8.49. The largest absolute Gasteiger partial charge is 0.310 e. The molecule has 3 heteroatoms. The van der Waals surface area contributed by atoms with Crippen LogP contribution in [-0.4, -0.2) is 11.7 Å². The molecule has 2 atom stereocenters. The molecule has 2 rings (SSSR count). The van der Waals surface area contributed by atoms with Gasteiger partial charge in [-0.25, -0.2) is 0 Å². The van der Waals surface area contributed by atoms with Gasteiger partial charge in [0.1, 0.15) is 0 Å². The van der Waals surface area contributed by atoms with Gasteiger partial charge in [-0.2, -0.15) is 0 Å². The van der Waals surface area contributed by atoms with Crippen LogP contribution in [0.15, 0.2) is 42.5 Å². The maximum Gasteiger partial charge on any atom is 0.226 e. The van der Waals surface area contributed by atoms with E-state index < -0.39 is 7.14 Å². The molecule has 0 aliphatic heterocycles. The Bertz CT molecular complexity index is 801. The van der Waals surface area contributed by atoms with Crippen molar-refractivity contribution in [2.75, 3.05) is 6.16 Å². The molecule has 0 amide bonds. The second kappa shape index (κ2) is 9.51. The number of benzene rings is 2. The van der Waals surface area contributed by atoms with E-state index in [9.17, 15) is 9.36 Å². The molecule has 0 heterocycles. The summed E-state index contributed by atoms with van der Waals surface area (Å²) in [5.74, 6) is 0.311. The predicted molar refractivity (Wildman–Crippen MR) is 117 cm³/mol. The van der Waals surface area contributed by atoms with Crippen LogP contribution >= 0.6 is 7.14 Å². The number of unbranched alkanes of at least 4 members (excludes halogenated alkanes) is 1. The van der Waals surface area contributed by atoms with Gasteiger partial charge in [0.05, 0.1) is 0 Å². The second-order valence-corrected chi connectivity index (χ2v) is 10.5. The lowest BCUT2D eigenvalue weighted by atomic mass is 10.0. The highest BCUT2D eigenvalue weighted by Crippen LogP contribution is 2.51. The van der Waals surface area contributed by atoms with Crippen LogP contribution in [0, 0.1) is 26.7 Å².